The van der Waals surface area contributed by atoms with E-state index in [1.54, 1.807) is 0 Å². The molecule has 0 aromatic heterocycles. The van der Waals surface area contributed by atoms with Crippen molar-refractivity contribution in [1.82, 2.24) is 4.90 Å². The molecule has 64 valence electrons. The van der Waals surface area contributed by atoms with Crippen LogP contribution in [0.2, 0.25) is 0 Å². The highest BCUT2D eigenvalue weighted by atomic mass is 15.1. The van der Waals surface area contributed by atoms with Gasteiger partial charge in [-0.1, -0.05) is 6.08 Å². The van der Waals surface area contributed by atoms with Crippen LogP contribution in [0, 0.1) is 0 Å². The molecule has 2 heteroatoms. The molecule has 2 N–H and O–H groups in total. The van der Waals surface area contributed by atoms with E-state index in [1.807, 2.05) is 6.08 Å². The Morgan fingerprint density at radius 2 is 2.45 bits per heavy atom. The first-order chi connectivity index (χ1) is 5.33. The molecule has 1 aliphatic heterocycles. The molecular weight excluding hydrogens is 136 g/mol. The molecule has 1 rings (SSSR count). The molecule has 0 saturated carbocycles. The second-order valence-corrected chi connectivity index (χ2v) is 3.28. The number of hydrogen-bond donors (Lipinski definition) is 1. The van der Waals surface area contributed by atoms with Crippen molar-refractivity contribution in [3.8, 4) is 0 Å². The molecule has 0 radical (unpaired) electrons. The first-order valence-corrected chi connectivity index (χ1v) is 4.42. The average Bonchev–Trinajstić information content (AvgIpc) is 2.01. The molecule has 0 unspecified atom stereocenters. The third-order valence-corrected chi connectivity index (χ3v) is 2.19. The Morgan fingerprint density at radius 3 is 3.09 bits per heavy atom. The van der Waals surface area contributed by atoms with Crippen molar-refractivity contribution in [2.75, 3.05) is 19.6 Å². The number of rotatable bonds is 3. The van der Waals surface area contributed by atoms with Crippen molar-refractivity contribution in [2.45, 2.75) is 25.3 Å². The summed E-state index contributed by atoms with van der Waals surface area (Å²) in [7, 11) is 0. The topological polar surface area (TPSA) is 29.3 Å². The van der Waals surface area contributed by atoms with Crippen LogP contribution >= 0.6 is 0 Å². The molecule has 0 bridgehead atoms. The minimum Gasteiger partial charge on any atom is -0.327 e. The fraction of sp³-hybridized carbons (Fsp3) is 0.778. The zero-order chi connectivity index (χ0) is 8.10. The average molecular weight is 154 g/mol. The summed E-state index contributed by atoms with van der Waals surface area (Å²) in [5, 5.41) is 0. The van der Waals surface area contributed by atoms with Gasteiger partial charge in [-0.15, -0.1) is 6.58 Å². The van der Waals surface area contributed by atoms with Crippen LogP contribution < -0.4 is 5.73 Å². The van der Waals surface area contributed by atoms with Crippen LogP contribution in [0.15, 0.2) is 12.7 Å². The molecule has 1 aliphatic rings. The van der Waals surface area contributed by atoms with Crippen molar-refractivity contribution in [3.63, 3.8) is 0 Å². The Balaban J connectivity index is 2.17. The van der Waals surface area contributed by atoms with E-state index in [9.17, 15) is 0 Å². The summed E-state index contributed by atoms with van der Waals surface area (Å²) in [6.45, 7) is 7.14. The Hall–Kier alpha value is -0.340. The van der Waals surface area contributed by atoms with Crippen LogP contribution in [0.5, 0.6) is 0 Å². The van der Waals surface area contributed by atoms with Crippen molar-refractivity contribution in [1.29, 1.82) is 0 Å². The van der Waals surface area contributed by atoms with Gasteiger partial charge in [0.2, 0.25) is 0 Å². The van der Waals surface area contributed by atoms with Crippen molar-refractivity contribution in [3.05, 3.63) is 12.7 Å². The van der Waals surface area contributed by atoms with Gasteiger partial charge in [0, 0.05) is 19.1 Å². The lowest BCUT2D eigenvalue weighted by Crippen LogP contribution is -2.42. The maximum atomic E-state index is 5.83. The third-order valence-electron chi connectivity index (χ3n) is 2.19. The molecule has 0 amide bonds. The minimum atomic E-state index is 0.411. The molecule has 0 aromatic carbocycles. The maximum Gasteiger partial charge on any atom is 0.0168 e. The van der Waals surface area contributed by atoms with Gasteiger partial charge in [0.25, 0.3) is 0 Å². The molecule has 1 saturated heterocycles. The minimum absolute atomic E-state index is 0.411. The normalized spacial score (nSPS) is 26.8. The molecule has 0 spiro atoms. The summed E-state index contributed by atoms with van der Waals surface area (Å²) in [5.41, 5.74) is 5.83. The van der Waals surface area contributed by atoms with Gasteiger partial charge in [-0.2, -0.15) is 0 Å². The van der Waals surface area contributed by atoms with Crippen LogP contribution in [0.4, 0.5) is 0 Å². The van der Waals surface area contributed by atoms with Gasteiger partial charge >= 0.3 is 0 Å². The summed E-state index contributed by atoms with van der Waals surface area (Å²) in [4.78, 5) is 2.43. The predicted molar refractivity (Wildman–Crippen MR) is 48.5 cm³/mol. The zero-order valence-corrected chi connectivity index (χ0v) is 7.13. The Labute approximate surface area is 69.1 Å². The Kier molecular flexibility index (Phi) is 3.60. The van der Waals surface area contributed by atoms with Crippen molar-refractivity contribution < 1.29 is 0 Å². The Bertz CT molecular complexity index is 123. The summed E-state index contributed by atoms with van der Waals surface area (Å²) in [6.07, 6.45) is 5.52. The van der Waals surface area contributed by atoms with E-state index >= 15 is 0 Å². The second kappa shape index (κ2) is 4.52. The van der Waals surface area contributed by atoms with Crippen LogP contribution in [0.25, 0.3) is 0 Å². The molecular formula is C9H18N2. The quantitative estimate of drug-likeness (QED) is 0.614. The van der Waals surface area contributed by atoms with Gasteiger partial charge in [0.15, 0.2) is 0 Å². The van der Waals surface area contributed by atoms with Crippen molar-refractivity contribution >= 4 is 0 Å². The van der Waals surface area contributed by atoms with E-state index in [0.29, 0.717) is 6.04 Å². The van der Waals surface area contributed by atoms with E-state index in [1.165, 1.54) is 19.4 Å². The SMILES string of the molecule is C=CCCN1CCC[C@@H](N)C1. The van der Waals surface area contributed by atoms with Gasteiger partial charge in [-0.3, -0.25) is 0 Å². The summed E-state index contributed by atoms with van der Waals surface area (Å²) in [5.74, 6) is 0. The Morgan fingerprint density at radius 1 is 1.64 bits per heavy atom. The molecule has 1 heterocycles. The van der Waals surface area contributed by atoms with Crippen LogP contribution in [-0.4, -0.2) is 30.6 Å². The van der Waals surface area contributed by atoms with Gasteiger partial charge in [0.1, 0.15) is 0 Å². The molecule has 2 nitrogen and oxygen atoms in total. The largest absolute Gasteiger partial charge is 0.327 e. The highest BCUT2D eigenvalue weighted by Crippen LogP contribution is 2.07. The summed E-state index contributed by atoms with van der Waals surface area (Å²) < 4.78 is 0. The number of nitrogens with zero attached hydrogens (tertiary/aromatic N) is 1. The van der Waals surface area contributed by atoms with E-state index < -0.39 is 0 Å². The lowest BCUT2D eigenvalue weighted by Gasteiger charge is -2.30. The fourth-order valence-electron chi connectivity index (χ4n) is 1.57. The molecule has 1 atom stereocenters. The van der Waals surface area contributed by atoms with Crippen LogP contribution in [0.3, 0.4) is 0 Å². The summed E-state index contributed by atoms with van der Waals surface area (Å²) >= 11 is 0. The lowest BCUT2D eigenvalue weighted by molar-refractivity contribution is 0.212. The van der Waals surface area contributed by atoms with Gasteiger partial charge in [-0.05, 0) is 25.8 Å². The lowest BCUT2D eigenvalue weighted by atomic mass is 10.1. The molecule has 0 aromatic rings. The highest BCUT2D eigenvalue weighted by molar-refractivity contribution is 4.77. The van der Waals surface area contributed by atoms with Crippen LogP contribution in [0.1, 0.15) is 19.3 Å². The van der Waals surface area contributed by atoms with Crippen LogP contribution in [-0.2, 0) is 0 Å². The fourth-order valence-corrected chi connectivity index (χ4v) is 1.57. The van der Waals surface area contributed by atoms with Gasteiger partial charge in [-0.25, -0.2) is 0 Å². The highest BCUT2D eigenvalue weighted by Gasteiger charge is 2.14. The first-order valence-electron chi connectivity index (χ1n) is 4.42. The number of piperidine rings is 1. The first kappa shape index (κ1) is 8.75. The van der Waals surface area contributed by atoms with Crippen molar-refractivity contribution in [2.24, 2.45) is 5.73 Å². The predicted octanol–water partition coefficient (Wildman–Crippen LogP) is 0.986. The van der Waals surface area contributed by atoms with Gasteiger partial charge in [0.05, 0.1) is 0 Å². The number of likely N-dealkylation sites (tertiary alicyclic amines) is 1. The second-order valence-electron chi connectivity index (χ2n) is 3.28. The molecule has 1 fully saturated rings. The molecule has 0 aliphatic carbocycles. The van der Waals surface area contributed by atoms with E-state index in [2.05, 4.69) is 11.5 Å². The standard InChI is InChI=1S/C9H18N2/c1-2-3-6-11-7-4-5-9(10)8-11/h2,9H,1,3-8,10H2/t9-/m1/s1. The van der Waals surface area contributed by atoms with Gasteiger partial charge < -0.3 is 10.6 Å². The monoisotopic (exact) mass is 154 g/mol. The third kappa shape index (κ3) is 3.04. The summed E-state index contributed by atoms with van der Waals surface area (Å²) in [6, 6.07) is 0.411. The number of hydrogen-bond acceptors (Lipinski definition) is 2. The smallest absolute Gasteiger partial charge is 0.0168 e. The molecule has 11 heavy (non-hydrogen) atoms. The zero-order valence-electron chi connectivity index (χ0n) is 7.13. The van der Waals surface area contributed by atoms with E-state index in [4.69, 9.17) is 5.73 Å². The van der Waals surface area contributed by atoms with E-state index in [-0.39, 0.29) is 0 Å². The van der Waals surface area contributed by atoms with E-state index in [0.717, 1.165) is 19.5 Å². The maximum absolute atomic E-state index is 5.83. The number of nitrogens with two attached hydrogens (primary N) is 1.